The molecule has 16 nitrogen and oxygen atoms in total. The first-order valence-electron chi connectivity index (χ1n) is 19.1. The number of halogens is 1. The van der Waals surface area contributed by atoms with Gasteiger partial charge in [-0.3, -0.25) is 10.1 Å². The predicted molar refractivity (Wildman–Crippen MR) is 205 cm³/mol. The smallest absolute Gasteiger partial charge is 0.330 e. The SMILES string of the molecule is C[C@@H]1C/C=C/C=C/C=C/C=C/[C@H](O[C@@H]2O[C@H](C)[C@@H](O)[C@H](NC(c3ccc(F)cc3)P(O)O)[C@@H]2O)C[C@@H]2O[C@](O)(C[C@@H](O)C[C@H]3O[C@@H]3/C=C/C(=O)O1)C[C@H](O)[C@H]2C(=O)O. The lowest BCUT2D eigenvalue weighted by Crippen LogP contribution is -2.63. The van der Waals surface area contributed by atoms with Gasteiger partial charge in [-0.15, -0.1) is 0 Å². The number of allylic oxidation sites excluding steroid dienone is 6. The standard InChI is InChI=1S/C40H53FNO15P/c1-22-10-8-6-4-3-5-7-9-11-27(55-39-36(47)34(35(46)23(2)54-39)42-37(58(51)52)24-12-14-25(41)15-13-24)19-31-33(38(48)49)28(44)21-40(50,57-31)20-26(43)18-30-29(56-30)16-17-32(45)53-22/h3-9,11-17,22-23,26-31,33-37,39,42-44,46-47,50-52H,10,18-21H2,1-2H3,(H,48,49)/b4-3+,7-5+,8-6+,11-9+,17-16+/t22-,23-,26+,27+,28+,29-,30-,31+,33-,34+,35-,36+,37?,39+,40-/m1/s1. The number of rotatable bonds is 7. The van der Waals surface area contributed by atoms with E-state index in [9.17, 15) is 54.4 Å². The molecule has 0 spiro atoms. The van der Waals surface area contributed by atoms with Gasteiger partial charge in [-0.1, -0.05) is 60.7 Å². The molecule has 1 unspecified atom stereocenters. The second-order valence-corrected chi connectivity index (χ2v) is 16.1. The Morgan fingerprint density at radius 3 is 2.31 bits per heavy atom. The van der Waals surface area contributed by atoms with Crippen LogP contribution in [0.4, 0.5) is 4.39 Å². The number of hydrogen-bond acceptors (Lipinski definition) is 15. The van der Waals surface area contributed by atoms with E-state index in [4.69, 9.17) is 23.7 Å². The maximum absolute atomic E-state index is 13.7. The van der Waals surface area contributed by atoms with Gasteiger partial charge in [-0.05, 0) is 37.6 Å². The number of ether oxygens (including phenoxy) is 5. The van der Waals surface area contributed by atoms with Crippen LogP contribution in [-0.2, 0) is 33.3 Å². The average Bonchev–Trinajstić information content (AvgIpc) is 3.88. The van der Waals surface area contributed by atoms with Crippen LogP contribution in [0.25, 0.3) is 0 Å². The lowest BCUT2D eigenvalue weighted by Gasteiger charge is -2.46. The van der Waals surface area contributed by atoms with Crippen LogP contribution in [-0.4, -0.2) is 132 Å². The first-order valence-corrected chi connectivity index (χ1v) is 20.4. The normalized spacial score (nSPS) is 41.2. The molecule has 1 aromatic rings. The van der Waals surface area contributed by atoms with E-state index in [0.717, 1.165) is 12.1 Å². The van der Waals surface area contributed by atoms with E-state index in [-0.39, 0.29) is 18.4 Å². The van der Waals surface area contributed by atoms with Crippen LogP contribution in [0, 0.1) is 11.7 Å². The van der Waals surface area contributed by atoms with Gasteiger partial charge in [0.1, 0.15) is 35.8 Å². The van der Waals surface area contributed by atoms with Gasteiger partial charge in [-0.25, -0.2) is 9.18 Å². The number of carboxylic acid groups (broad SMARTS) is 1. The van der Waals surface area contributed by atoms with Crippen molar-refractivity contribution in [1.82, 2.24) is 5.32 Å². The number of aliphatic carboxylic acids is 1. The number of hydrogen-bond donors (Lipinski definition) is 9. The molecule has 2 bridgehead atoms. The number of carbonyl (C=O) groups excluding carboxylic acids is 1. The molecule has 58 heavy (non-hydrogen) atoms. The van der Waals surface area contributed by atoms with E-state index in [2.05, 4.69) is 5.32 Å². The maximum atomic E-state index is 13.7. The summed E-state index contributed by atoms with van der Waals surface area (Å²) in [7, 11) is -2.76. The van der Waals surface area contributed by atoms with Crippen molar-refractivity contribution >= 4 is 20.3 Å². The molecule has 18 heteroatoms. The summed E-state index contributed by atoms with van der Waals surface area (Å²) in [6, 6.07) is 3.62. The number of fused-ring (bicyclic) bond motifs is 3. The molecule has 0 amide bonds. The third kappa shape index (κ3) is 12.9. The van der Waals surface area contributed by atoms with Gasteiger partial charge in [0, 0.05) is 38.2 Å². The number of nitrogens with one attached hydrogen (secondary N) is 1. The van der Waals surface area contributed by atoms with Gasteiger partial charge >= 0.3 is 11.9 Å². The van der Waals surface area contributed by atoms with Gasteiger partial charge in [0.2, 0.25) is 0 Å². The molecule has 0 radical (unpaired) electrons. The van der Waals surface area contributed by atoms with Gasteiger partial charge in [0.25, 0.3) is 0 Å². The molecule has 0 aliphatic carbocycles. The van der Waals surface area contributed by atoms with E-state index in [1.54, 1.807) is 43.4 Å². The fourth-order valence-corrected chi connectivity index (χ4v) is 8.04. The highest BCUT2D eigenvalue weighted by atomic mass is 31.2. The highest BCUT2D eigenvalue weighted by Crippen LogP contribution is 2.43. The Labute approximate surface area is 336 Å². The largest absolute Gasteiger partial charge is 0.481 e. The Kier molecular flexibility index (Phi) is 16.4. The summed E-state index contributed by atoms with van der Waals surface area (Å²) in [4.78, 5) is 45.3. The van der Waals surface area contributed by atoms with Crippen LogP contribution < -0.4 is 5.32 Å². The Morgan fingerprint density at radius 2 is 1.62 bits per heavy atom. The van der Waals surface area contributed by atoms with Crippen LogP contribution in [0.1, 0.15) is 57.3 Å². The van der Waals surface area contributed by atoms with Crippen molar-refractivity contribution in [3.63, 3.8) is 0 Å². The van der Waals surface area contributed by atoms with E-state index in [1.165, 1.54) is 37.3 Å². The van der Waals surface area contributed by atoms with E-state index >= 15 is 0 Å². The first-order chi connectivity index (χ1) is 27.5. The molecule has 320 valence electrons. The van der Waals surface area contributed by atoms with Gasteiger partial charge in [0.05, 0.1) is 48.8 Å². The lowest BCUT2D eigenvalue weighted by molar-refractivity contribution is -0.309. The highest BCUT2D eigenvalue weighted by molar-refractivity contribution is 7.45. The number of carbonyl (C=O) groups is 2. The number of cyclic esters (lactones) is 1. The van der Waals surface area contributed by atoms with Crippen LogP contribution in [0.5, 0.6) is 0 Å². The highest BCUT2D eigenvalue weighted by Gasteiger charge is 2.52. The Hall–Kier alpha value is -3.26. The van der Waals surface area contributed by atoms with Crippen LogP contribution in [0.2, 0.25) is 0 Å². The van der Waals surface area contributed by atoms with E-state index in [1.807, 2.05) is 6.08 Å². The van der Waals surface area contributed by atoms with Gasteiger partial charge in [-0.2, -0.15) is 0 Å². The molecule has 3 saturated heterocycles. The predicted octanol–water partition coefficient (Wildman–Crippen LogP) is 1.88. The Bertz CT molecular complexity index is 1680. The molecule has 15 atom stereocenters. The third-order valence-electron chi connectivity index (χ3n) is 10.3. The van der Waals surface area contributed by atoms with Crippen molar-refractivity contribution in [3.05, 3.63) is 96.4 Å². The minimum atomic E-state index is -2.76. The van der Waals surface area contributed by atoms with Crippen LogP contribution >= 0.6 is 8.38 Å². The van der Waals surface area contributed by atoms with E-state index < -0.39 is 130 Å². The molecule has 4 aliphatic rings. The number of aliphatic hydroxyl groups is 5. The minimum absolute atomic E-state index is 0.0288. The summed E-state index contributed by atoms with van der Waals surface area (Å²) in [5.74, 6) is -7.51. The number of benzene rings is 1. The van der Waals surface area contributed by atoms with Crippen molar-refractivity contribution in [1.29, 1.82) is 0 Å². The zero-order valence-corrected chi connectivity index (χ0v) is 32.9. The summed E-state index contributed by atoms with van der Waals surface area (Å²) in [5.41, 5.74) is 0.270. The molecule has 0 aromatic heterocycles. The zero-order valence-electron chi connectivity index (χ0n) is 32.0. The fraction of sp³-hybridized carbons (Fsp3) is 0.550. The molecule has 3 fully saturated rings. The van der Waals surface area contributed by atoms with Crippen molar-refractivity contribution < 1.29 is 78.1 Å². The van der Waals surface area contributed by atoms with Crippen LogP contribution in [0.3, 0.4) is 0 Å². The van der Waals surface area contributed by atoms with Crippen LogP contribution in [0.15, 0.2) is 85.0 Å². The third-order valence-corrected chi connectivity index (χ3v) is 11.2. The summed E-state index contributed by atoms with van der Waals surface area (Å²) < 4.78 is 42.7. The second-order valence-electron chi connectivity index (χ2n) is 15.0. The zero-order chi connectivity index (χ0) is 42.1. The molecule has 5 rings (SSSR count). The second kappa shape index (κ2) is 20.8. The van der Waals surface area contributed by atoms with Crippen molar-refractivity contribution in [2.45, 2.75) is 131 Å². The van der Waals surface area contributed by atoms with Gasteiger partial charge in [0.15, 0.2) is 20.5 Å². The summed E-state index contributed by atoms with van der Waals surface area (Å²) in [5, 5.41) is 69.2. The average molecular weight is 838 g/mol. The topological polar surface area (TPSA) is 257 Å². The molecule has 4 heterocycles. The summed E-state index contributed by atoms with van der Waals surface area (Å²) >= 11 is 0. The Balaban J connectivity index is 1.41. The molecule has 1 aromatic carbocycles. The minimum Gasteiger partial charge on any atom is -0.481 e. The molecule has 0 saturated carbocycles. The number of aliphatic hydroxyl groups excluding tert-OH is 4. The summed E-state index contributed by atoms with van der Waals surface area (Å²) in [6.45, 7) is 3.25. The van der Waals surface area contributed by atoms with Crippen molar-refractivity contribution in [3.8, 4) is 0 Å². The fourth-order valence-electron chi connectivity index (χ4n) is 7.29. The maximum Gasteiger partial charge on any atom is 0.330 e. The molecular formula is C40H53FNO15P. The van der Waals surface area contributed by atoms with Gasteiger partial charge < -0.3 is 64.1 Å². The summed E-state index contributed by atoms with van der Waals surface area (Å²) in [6.07, 6.45) is 3.09. The first kappa shape index (κ1) is 45.8. The quantitative estimate of drug-likeness (QED) is 0.108. The number of epoxide rings is 1. The monoisotopic (exact) mass is 837 g/mol. The molecule has 9 N–H and O–H groups in total. The number of esters is 1. The Morgan fingerprint density at radius 1 is 0.931 bits per heavy atom. The molecular weight excluding hydrogens is 784 g/mol. The van der Waals surface area contributed by atoms with Crippen molar-refractivity contribution in [2.75, 3.05) is 0 Å². The van der Waals surface area contributed by atoms with Crippen molar-refractivity contribution in [2.24, 2.45) is 5.92 Å². The molecule has 4 aliphatic heterocycles. The lowest BCUT2D eigenvalue weighted by atomic mass is 9.83. The van der Waals surface area contributed by atoms with E-state index in [0.29, 0.717) is 6.42 Å². The number of carboxylic acids is 1.